The van der Waals surface area contributed by atoms with E-state index in [0.29, 0.717) is 23.7 Å². The molecule has 2 unspecified atom stereocenters. The largest absolute Gasteiger partial charge is 0.483 e. The van der Waals surface area contributed by atoms with Gasteiger partial charge in [-0.15, -0.1) is 10.2 Å². The first-order valence-corrected chi connectivity index (χ1v) is 11.4. The summed E-state index contributed by atoms with van der Waals surface area (Å²) < 4.78 is 16.5. The van der Waals surface area contributed by atoms with E-state index in [-0.39, 0.29) is 6.61 Å². The Bertz CT molecular complexity index is 822. The Morgan fingerprint density at radius 3 is 2.04 bits per heavy atom. The van der Waals surface area contributed by atoms with E-state index in [0.717, 1.165) is 10.1 Å². The summed E-state index contributed by atoms with van der Waals surface area (Å²) in [6, 6.07) is 4.94. The van der Waals surface area contributed by atoms with E-state index >= 15 is 0 Å². The fourth-order valence-corrected chi connectivity index (χ4v) is 3.75. The van der Waals surface area contributed by atoms with Gasteiger partial charge in [0.1, 0.15) is 23.3 Å². The smallest absolute Gasteiger partial charge is 0.337 e. The number of benzene rings is 1. The van der Waals surface area contributed by atoms with Crippen molar-refractivity contribution in [3.05, 3.63) is 23.8 Å². The van der Waals surface area contributed by atoms with Crippen molar-refractivity contribution < 1.29 is 19.0 Å². The highest BCUT2D eigenvalue weighted by Crippen LogP contribution is 2.32. The highest BCUT2D eigenvalue weighted by Gasteiger charge is 2.17. The normalized spacial score (nSPS) is 23.5. The zero-order valence-electron chi connectivity index (χ0n) is 14.6. The number of esters is 1. The van der Waals surface area contributed by atoms with E-state index in [1.807, 2.05) is 11.1 Å². The van der Waals surface area contributed by atoms with Gasteiger partial charge < -0.3 is 14.2 Å². The van der Waals surface area contributed by atoms with Gasteiger partial charge >= 0.3 is 5.97 Å². The van der Waals surface area contributed by atoms with Crippen molar-refractivity contribution in [2.75, 3.05) is 32.8 Å². The number of carbonyl (C=O) groups excluding carboxylic acids is 1. The van der Waals surface area contributed by atoms with E-state index in [9.17, 15) is 4.79 Å². The van der Waals surface area contributed by atoms with Crippen LogP contribution in [0, 0.1) is 0 Å². The van der Waals surface area contributed by atoms with Gasteiger partial charge in [-0.2, -0.15) is 32.0 Å². The van der Waals surface area contributed by atoms with E-state index < -0.39 is 27.8 Å². The predicted molar refractivity (Wildman–Crippen MR) is 110 cm³/mol. The maximum atomic E-state index is 11.8. The van der Waals surface area contributed by atoms with Crippen LogP contribution in [0.25, 0.3) is 0 Å². The lowest BCUT2D eigenvalue weighted by Gasteiger charge is -2.16. The molecule has 1 aromatic rings. The third kappa shape index (κ3) is 4.25. The van der Waals surface area contributed by atoms with Gasteiger partial charge in [0.05, 0.1) is 23.8 Å². The highest BCUT2D eigenvalue weighted by atomic mass is 32.2. The van der Waals surface area contributed by atoms with Gasteiger partial charge in [-0.05, 0) is 30.7 Å². The molecule has 0 radical (unpaired) electrons. The molecule has 0 amide bonds. The van der Waals surface area contributed by atoms with Crippen LogP contribution in [0.3, 0.4) is 0 Å². The lowest BCUT2D eigenvalue weighted by atomic mass is 10.2. The second kappa shape index (κ2) is 8.37. The minimum atomic E-state index is -0.511. The molecule has 1 aromatic carbocycles. The fourth-order valence-electron chi connectivity index (χ4n) is 2.15. The molecule has 10 heteroatoms. The first-order valence-electron chi connectivity index (χ1n) is 7.72. The molecule has 0 N–H and O–H groups in total. The maximum Gasteiger partial charge on any atom is 0.337 e. The topological polar surface area (TPSA) is 94.2 Å². The molecule has 0 saturated heterocycles. The van der Waals surface area contributed by atoms with Crippen molar-refractivity contribution in [1.29, 1.82) is 0 Å². The molecule has 2 heterocycles. The lowest BCUT2D eigenvalue weighted by molar-refractivity contribution is 0.0600. The second-order valence-electron chi connectivity index (χ2n) is 5.45. The first kappa shape index (κ1) is 18.5. The minimum absolute atomic E-state index is 0.285. The molecule has 0 bridgehead atoms. The summed E-state index contributed by atoms with van der Waals surface area (Å²) >= 11 is 0. The second-order valence-corrected chi connectivity index (χ2v) is 9.38. The van der Waals surface area contributed by atoms with Crippen LogP contribution in [0.4, 0.5) is 0 Å². The van der Waals surface area contributed by atoms with Gasteiger partial charge in [0.2, 0.25) is 0 Å². The van der Waals surface area contributed by atoms with Gasteiger partial charge in [-0.1, -0.05) is 0 Å². The fraction of sp³-hybridized carbons (Fsp3) is 0.312. The van der Waals surface area contributed by atoms with Gasteiger partial charge in [-0.3, -0.25) is 0 Å². The average molecular weight is 396 g/mol. The molecule has 2 atom stereocenters. The molecule has 26 heavy (non-hydrogen) atoms. The zero-order chi connectivity index (χ0) is 18.5. The van der Waals surface area contributed by atoms with Crippen molar-refractivity contribution in [1.82, 2.24) is 0 Å². The number of ether oxygens (including phenoxy) is 3. The molecule has 2 aliphatic heterocycles. The molecule has 0 aliphatic carbocycles. The number of hydrogen-bond donors (Lipinski definition) is 2. The summed E-state index contributed by atoms with van der Waals surface area (Å²) in [5.74, 6) is 0.535. The summed E-state index contributed by atoms with van der Waals surface area (Å²) in [5, 5.41) is 17.8. The molecule has 0 saturated carbocycles. The Kier molecular flexibility index (Phi) is 5.94. The zero-order valence-corrected chi connectivity index (χ0v) is 16.4. The van der Waals surface area contributed by atoms with Crippen molar-refractivity contribution in [2.45, 2.75) is 0 Å². The minimum Gasteiger partial charge on any atom is -0.483 e. The standard InChI is InChI=1S/C16H20N4O4S2/c1-22-16(21)11-4-5-12(23-7-14-19-17-9-25(14)2)13(6-11)24-8-15-20-18-10-26(15)3/h4-6,9-10,25-26H,7-8H2,1-3H3. The molecule has 2 aliphatic rings. The summed E-state index contributed by atoms with van der Waals surface area (Å²) in [5.41, 5.74) is 4.03. The van der Waals surface area contributed by atoms with Crippen molar-refractivity contribution in [2.24, 2.45) is 20.4 Å². The molecule has 0 spiro atoms. The summed E-state index contributed by atoms with van der Waals surface area (Å²) in [6.45, 7) is 0.606. The number of carbonyl (C=O) groups is 1. The lowest BCUT2D eigenvalue weighted by Crippen LogP contribution is -2.13. The molecule has 140 valence electrons. The predicted octanol–water partition coefficient (Wildman–Crippen LogP) is 2.20. The van der Waals surface area contributed by atoms with Crippen LogP contribution < -0.4 is 9.47 Å². The van der Waals surface area contributed by atoms with Crippen LogP contribution >= 0.6 is 21.8 Å². The van der Waals surface area contributed by atoms with Gasteiger partial charge in [0, 0.05) is 0 Å². The van der Waals surface area contributed by atoms with Crippen LogP contribution in [-0.2, 0) is 4.74 Å². The number of nitrogens with zero attached hydrogens (tertiary/aromatic N) is 4. The van der Waals surface area contributed by atoms with Crippen molar-refractivity contribution in [3.8, 4) is 11.5 Å². The maximum absolute atomic E-state index is 11.8. The van der Waals surface area contributed by atoms with Crippen LogP contribution in [0.2, 0.25) is 0 Å². The van der Waals surface area contributed by atoms with Crippen LogP contribution in [0.5, 0.6) is 11.5 Å². The number of rotatable bonds is 7. The molecule has 8 nitrogen and oxygen atoms in total. The Morgan fingerprint density at radius 2 is 1.54 bits per heavy atom. The summed E-state index contributed by atoms with van der Waals surface area (Å²) in [7, 11) is 0.337. The average Bonchev–Trinajstić information content (AvgIpc) is 3.25. The van der Waals surface area contributed by atoms with Gasteiger partial charge in [-0.25, -0.2) is 4.79 Å². The first-order chi connectivity index (χ1) is 12.6. The molecule has 0 aromatic heterocycles. The van der Waals surface area contributed by atoms with Gasteiger partial charge in [0.25, 0.3) is 0 Å². The number of methoxy groups -OCH3 is 1. The van der Waals surface area contributed by atoms with Crippen molar-refractivity contribution in [3.63, 3.8) is 0 Å². The SMILES string of the molecule is COC(=O)c1ccc(OCC2=NN=C[SH]2C)c(OCC2=NN=C[SH]2C)c1. The van der Waals surface area contributed by atoms with E-state index in [2.05, 4.69) is 32.9 Å². The Labute approximate surface area is 156 Å². The third-order valence-electron chi connectivity index (χ3n) is 3.69. The summed E-state index contributed by atoms with van der Waals surface area (Å²) in [4.78, 5) is 11.8. The van der Waals surface area contributed by atoms with Crippen LogP contribution in [0.1, 0.15) is 10.4 Å². The molecule has 0 fully saturated rings. The van der Waals surface area contributed by atoms with Crippen molar-refractivity contribution >= 4 is 48.9 Å². The quantitative estimate of drug-likeness (QED) is 0.546. The Morgan fingerprint density at radius 1 is 0.962 bits per heavy atom. The Hall–Kier alpha value is -2.33. The molecule has 3 rings (SSSR count). The molecular weight excluding hydrogens is 376 g/mol. The monoisotopic (exact) mass is 396 g/mol. The Balaban J connectivity index is 1.74. The third-order valence-corrected chi connectivity index (χ3v) is 6.65. The number of hydrogen-bond acceptors (Lipinski definition) is 8. The van der Waals surface area contributed by atoms with E-state index in [1.54, 1.807) is 18.2 Å². The molecular formula is C16H20N4O4S2. The number of thiol groups is 2. The highest BCUT2D eigenvalue weighted by molar-refractivity contribution is 8.40. The van der Waals surface area contributed by atoms with E-state index in [1.165, 1.54) is 7.11 Å². The van der Waals surface area contributed by atoms with Crippen LogP contribution in [0.15, 0.2) is 38.6 Å². The summed E-state index contributed by atoms with van der Waals surface area (Å²) in [6.07, 6.45) is 4.12. The van der Waals surface area contributed by atoms with Gasteiger partial charge in [0.15, 0.2) is 11.5 Å². The van der Waals surface area contributed by atoms with Crippen LogP contribution in [-0.4, -0.2) is 60.0 Å². The van der Waals surface area contributed by atoms with E-state index in [4.69, 9.17) is 14.2 Å².